The molecule has 0 aliphatic carbocycles. The number of benzene rings is 1. The van der Waals surface area contributed by atoms with Crippen molar-refractivity contribution in [1.29, 1.82) is 0 Å². The van der Waals surface area contributed by atoms with Crippen LogP contribution >= 0.6 is 0 Å². The first-order chi connectivity index (χ1) is 9.34. The third-order valence-electron chi connectivity index (χ3n) is 2.80. The molecule has 1 aliphatic heterocycles. The molecular formula is C12H14N2O4S2. The predicted molar refractivity (Wildman–Crippen MR) is 78.4 cm³/mol. The van der Waals surface area contributed by atoms with E-state index in [1.54, 1.807) is 12.1 Å². The van der Waals surface area contributed by atoms with E-state index in [1.807, 2.05) is 0 Å². The van der Waals surface area contributed by atoms with Crippen molar-refractivity contribution in [2.75, 3.05) is 27.1 Å². The van der Waals surface area contributed by atoms with Gasteiger partial charge in [0.05, 0.1) is 11.4 Å². The van der Waals surface area contributed by atoms with Crippen LogP contribution < -0.4 is 9.03 Å². The van der Waals surface area contributed by atoms with Crippen LogP contribution in [0.15, 0.2) is 24.3 Å². The lowest BCUT2D eigenvalue weighted by Crippen LogP contribution is -2.25. The van der Waals surface area contributed by atoms with Crippen LogP contribution in [-0.4, -0.2) is 34.9 Å². The molecule has 0 amide bonds. The van der Waals surface area contributed by atoms with Crippen LogP contribution in [0.25, 0.3) is 0 Å². The molecule has 8 heteroatoms. The zero-order valence-corrected chi connectivity index (χ0v) is 12.2. The molecule has 0 radical (unpaired) electrons. The maximum atomic E-state index is 11.8. The molecule has 6 nitrogen and oxygen atoms in total. The van der Waals surface area contributed by atoms with Crippen molar-refractivity contribution in [3.05, 3.63) is 24.3 Å². The first kappa shape index (κ1) is 14.7. The van der Waals surface area contributed by atoms with E-state index < -0.39 is 25.8 Å². The molecule has 1 aliphatic rings. The normalized spacial score (nSPS) is 17.6. The molecule has 1 fully saturated rings. The zero-order chi connectivity index (χ0) is 14.8. The number of sulfonamides is 2. The van der Waals surface area contributed by atoms with E-state index in [-0.39, 0.29) is 5.75 Å². The fourth-order valence-electron chi connectivity index (χ4n) is 1.95. The lowest BCUT2D eigenvalue weighted by molar-refractivity contribution is 0.599. The third kappa shape index (κ3) is 3.23. The molecule has 0 atom stereocenters. The van der Waals surface area contributed by atoms with Gasteiger partial charge in [0, 0.05) is 12.2 Å². The Balaban J connectivity index is 2.18. The fraction of sp³-hybridized carbons (Fsp3) is 0.333. The summed E-state index contributed by atoms with van der Waals surface area (Å²) >= 11 is 0. The molecule has 0 spiro atoms. The molecule has 0 saturated carbocycles. The van der Waals surface area contributed by atoms with Gasteiger partial charge in [-0.2, -0.15) is 0 Å². The molecule has 0 bridgehead atoms. The Labute approximate surface area is 118 Å². The summed E-state index contributed by atoms with van der Waals surface area (Å²) in [5, 5.41) is 0. The summed E-state index contributed by atoms with van der Waals surface area (Å²) < 4.78 is 50.1. The highest BCUT2D eigenvalue weighted by Gasteiger charge is 2.28. The minimum absolute atomic E-state index is 0.142. The quantitative estimate of drug-likeness (QED) is 0.825. The molecule has 1 aromatic rings. The van der Waals surface area contributed by atoms with Crippen LogP contribution in [0.3, 0.4) is 0 Å². The second kappa shape index (κ2) is 5.34. The van der Waals surface area contributed by atoms with Gasteiger partial charge in [-0.3, -0.25) is 9.03 Å². The Morgan fingerprint density at radius 2 is 1.95 bits per heavy atom. The van der Waals surface area contributed by atoms with Crippen molar-refractivity contribution in [3.8, 4) is 12.3 Å². The predicted octanol–water partition coefficient (Wildman–Crippen LogP) is 0.601. The zero-order valence-electron chi connectivity index (χ0n) is 10.6. The highest BCUT2D eigenvalue weighted by Crippen LogP contribution is 2.25. The number of nitrogens with one attached hydrogen (secondary N) is 1. The second-order valence-electron chi connectivity index (χ2n) is 4.35. The number of hydrogen-bond donors (Lipinski definition) is 1. The van der Waals surface area contributed by atoms with Gasteiger partial charge in [0.15, 0.2) is 0 Å². The number of terminal acetylenes is 1. The van der Waals surface area contributed by atoms with Crippen molar-refractivity contribution in [1.82, 2.24) is 0 Å². The summed E-state index contributed by atoms with van der Waals surface area (Å²) in [5.41, 5.74) is 0.878. The highest BCUT2D eigenvalue weighted by molar-refractivity contribution is 7.93. The maximum Gasteiger partial charge on any atom is 0.244 e. The molecule has 1 N–H and O–H groups in total. The average molecular weight is 314 g/mol. The molecular weight excluding hydrogens is 300 g/mol. The van der Waals surface area contributed by atoms with Gasteiger partial charge in [0.25, 0.3) is 0 Å². The van der Waals surface area contributed by atoms with E-state index in [9.17, 15) is 16.8 Å². The van der Waals surface area contributed by atoms with Gasteiger partial charge in [-0.15, -0.1) is 6.42 Å². The molecule has 108 valence electrons. The topological polar surface area (TPSA) is 83.6 Å². The van der Waals surface area contributed by atoms with Crippen LogP contribution in [0, 0.1) is 12.3 Å². The molecule has 1 heterocycles. The van der Waals surface area contributed by atoms with Crippen molar-refractivity contribution < 1.29 is 16.8 Å². The lowest BCUT2D eigenvalue weighted by Gasteiger charge is -2.17. The Hall–Kier alpha value is -1.72. The summed E-state index contributed by atoms with van der Waals surface area (Å²) in [6.07, 6.45) is 5.56. The van der Waals surface area contributed by atoms with E-state index in [0.717, 1.165) is 0 Å². The number of anilines is 2. The summed E-state index contributed by atoms with van der Waals surface area (Å²) in [6, 6.07) is 6.15. The summed E-state index contributed by atoms with van der Waals surface area (Å²) in [7, 11) is -6.79. The first-order valence-corrected chi connectivity index (χ1v) is 9.15. The second-order valence-corrected chi connectivity index (χ2v) is 8.09. The SMILES string of the molecule is C#CCS(=O)(=O)Nc1ccc(N2CCCS2(=O)=O)cc1. The summed E-state index contributed by atoms with van der Waals surface area (Å²) in [5.74, 6) is 1.79. The first-order valence-electron chi connectivity index (χ1n) is 5.88. The molecule has 1 saturated heterocycles. The highest BCUT2D eigenvalue weighted by atomic mass is 32.2. The Kier molecular flexibility index (Phi) is 3.92. The van der Waals surface area contributed by atoms with Crippen LogP contribution in [-0.2, 0) is 20.0 Å². The van der Waals surface area contributed by atoms with Crippen molar-refractivity contribution in [2.24, 2.45) is 0 Å². The Bertz CT molecular complexity index is 731. The third-order valence-corrected chi connectivity index (χ3v) is 5.76. The minimum atomic E-state index is -3.56. The van der Waals surface area contributed by atoms with Gasteiger partial charge in [-0.25, -0.2) is 16.8 Å². The largest absolute Gasteiger partial charge is 0.283 e. The van der Waals surface area contributed by atoms with Crippen LogP contribution in [0.4, 0.5) is 11.4 Å². The smallest absolute Gasteiger partial charge is 0.244 e. The van der Waals surface area contributed by atoms with Crippen molar-refractivity contribution >= 4 is 31.4 Å². The van der Waals surface area contributed by atoms with Gasteiger partial charge in [-0.1, -0.05) is 5.92 Å². The number of rotatable bonds is 4. The van der Waals surface area contributed by atoms with Gasteiger partial charge < -0.3 is 0 Å². The van der Waals surface area contributed by atoms with E-state index in [4.69, 9.17) is 6.42 Å². The van der Waals surface area contributed by atoms with Gasteiger partial charge in [0.1, 0.15) is 5.75 Å². The van der Waals surface area contributed by atoms with E-state index in [2.05, 4.69) is 10.6 Å². The molecule has 20 heavy (non-hydrogen) atoms. The van der Waals surface area contributed by atoms with Crippen molar-refractivity contribution in [2.45, 2.75) is 6.42 Å². The van der Waals surface area contributed by atoms with E-state index >= 15 is 0 Å². The lowest BCUT2D eigenvalue weighted by atomic mass is 10.3. The molecule has 2 rings (SSSR count). The Morgan fingerprint density at radius 3 is 2.45 bits per heavy atom. The van der Waals surface area contributed by atoms with Crippen LogP contribution in [0.1, 0.15) is 6.42 Å². The van der Waals surface area contributed by atoms with Crippen molar-refractivity contribution in [3.63, 3.8) is 0 Å². The van der Waals surface area contributed by atoms with E-state index in [1.165, 1.54) is 16.4 Å². The standard InChI is InChI=1S/C12H14N2O4S2/c1-2-9-19(15,16)13-11-4-6-12(7-5-11)14-8-3-10-20(14,17)18/h1,4-7,13H,3,8-10H2. The summed E-state index contributed by atoms with van der Waals surface area (Å²) in [6.45, 7) is 0.449. The molecule has 1 aromatic carbocycles. The van der Waals surface area contributed by atoms with Gasteiger partial charge in [-0.05, 0) is 30.7 Å². The fourth-order valence-corrected chi connectivity index (χ4v) is 4.30. The Morgan fingerprint density at radius 1 is 1.30 bits per heavy atom. The number of hydrogen-bond acceptors (Lipinski definition) is 4. The van der Waals surface area contributed by atoms with Crippen LogP contribution in [0.5, 0.6) is 0 Å². The maximum absolute atomic E-state index is 11.8. The minimum Gasteiger partial charge on any atom is -0.283 e. The van der Waals surface area contributed by atoms with Crippen LogP contribution in [0.2, 0.25) is 0 Å². The summed E-state index contributed by atoms with van der Waals surface area (Å²) in [4.78, 5) is 0. The number of nitrogens with zero attached hydrogens (tertiary/aromatic N) is 1. The molecule has 0 aromatic heterocycles. The monoisotopic (exact) mass is 314 g/mol. The molecule has 0 unspecified atom stereocenters. The van der Waals surface area contributed by atoms with Gasteiger partial charge >= 0.3 is 0 Å². The average Bonchev–Trinajstić information content (AvgIpc) is 2.69. The van der Waals surface area contributed by atoms with Gasteiger partial charge in [0.2, 0.25) is 20.0 Å². The van der Waals surface area contributed by atoms with E-state index in [0.29, 0.717) is 24.3 Å².